The van der Waals surface area contributed by atoms with Crippen molar-refractivity contribution in [2.24, 2.45) is 0 Å². The summed E-state index contributed by atoms with van der Waals surface area (Å²) in [5.74, 6) is -0.137. The fraction of sp³-hybridized carbons (Fsp3) is 0.217. The number of para-hydroxylation sites is 1. The Balaban J connectivity index is 1.61. The Labute approximate surface area is 159 Å². The highest BCUT2D eigenvalue weighted by Gasteiger charge is 2.19. The summed E-state index contributed by atoms with van der Waals surface area (Å²) in [4.78, 5) is 19.3. The minimum atomic E-state index is -0.137. The van der Waals surface area contributed by atoms with Crippen molar-refractivity contribution in [2.45, 2.75) is 26.7 Å². The van der Waals surface area contributed by atoms with Crippen LogP contribution in [0.2, 0.25) is 0 Å². The number of benzene rings is 2. The van der Waals surface area contributed by atoms with Gasteiger partial charge in [0.2, 0.25) is 0 Å². The van der Waals surface area contributed by atoms with E-state index >= 15 is 0 Å². The summed E-state index contributed by atoms with van der Waals surface area (Å²) >= 11 is 0. The molecule has 0 saturated carbocycles. The molecule has 4 rings (SSSR count). The molecular formula is C23H23N3O. The number of amides is 1. The van der Waals surface area contributed by atoms with Gasteiger partial charge in [0, 0.05) is 24.1 Å². The highest BCUT2D eigenvalue weighted by atomic mass is 16.1. The number of carbonyl (C=O) groups excluding carboxylic acids is 1. The molecule has 1 aliphatic heterocycles. The lowest BCUT2D eigenvalue weighted by Gasteiger charge is -2.31. The maximum Gasteiger partial charge on any atom is 0.257 e. The number of nitrogens with one attached hydrogen (secondary N) is 1. The second kappa shape index (κ2) is 7.23. The van der Waals surface area contributed by atoms with E-state index in [-0.39, 0.29) is 5.91 Å². The number of fused-ring (bicyclic) bond motifs is 1. The molecule has 0 bridgehead atoms. The fourth-order valence-corrected chi connectivity index (χ4v) is 3.65. The minimum absolute atomic E-state index is 0.137. The number of hydrogen-bond acceptors (Lipinski definition) is 3. The Kier molecular flexibility index (Phi) is 4.63. The molecule has 4 heteroatoms. The average molecular weight is 357 g/mol. The van der Waals surface area contributed by atoms with Gasteiger partial charge in [-0.1, -0.05) is 35.9 Å². The van der Waals surface area contributed by atoms with Crippen LogP contribution in [-0.2, 0) is 6.42 Å². The van der Waals surface area contributed by atoms with Gasteiger partial charge in [0.1, 0.15) is 0 Å². The fourth-order valence-electron chi connectivity index (χ4n) is 3.65. The van der Waals surface area contributed by atoms with Crippen molar-refractivity contribution in [3.63, 3.8) is 0 Å². The van der Waals surface area contributed by atoms with E-state index in [0.29, 0.717) is 5.56 Å². The largest absolute Gasteiger partial charge is 0.340 e. The second-order valence-electron chi connectivity index (χ2n) is 7.09. The third-order valence-corrected chi connectivity index (χ3v) is 5.04. The van der Waals surface area contributed by atoms with E-state index < -0.39 is 0 Å². The number of aryl methyl sites for hydroxylation is 3. The summed E-state index contributed by atoms with van der Waals surface area (Å²) in [6.45, 7) is 4.98. The lowest BCUT2D eigenvalue weighted by molar-refractivity contribution is 0.102. The van der Waals surface area contributed by atoms with E-state index in [1.165, 1.54) is 16.8 Å². The molecule has 1 aromatic heterocycles. The maximum absolute atomic E-state index is 12.8. The first-order valence-electron chi connectivity index (χ1n) is 9.31. The van der Waals surface area contributed by atoms with Gasteiger partial charge in [0.05, 0.1) is 17.4 Å². The highest BCUT2D eigenvalue weighted by Crippen LogP contribution is 2.33. The lowest BCUT2D eigenvalue weighted by Crippen LogP contribution is -2.25. The van der Waals surface area contributed by atoms with Crippen LogP contribution in [0.4, 0.5) is 17.1 Å². The third kappa shape index (κ3) is 3.56. The van der Waals surface area contributed by atoms with Gasteiger partial charge in [-0.3, -0.25) is 9.78 Å². The average Bonchev–Trinajstić information content (AvgIpc) is 2.69. The van der Waals surface area contributed by atoms with Crippen molar-refractivity contribution in [1.29, 1.82) is 0 Å². The van der Waals surface area contributed by atoms with Crippen LogP contribution in [-0.4, -0.2) is 17.4 Å². The Morgan fingerprint density at radius 1 is 1.07 bits per heavy atom. The number of hydrogen-bond donors (Lipinski definition) is 1. The minimum Gasteiger partial charge on any atom is -0.340 e. The molecular weight excluding hydrogens is 334 g/mol. The molecule has 2 aromatic carbocycles. The SMILES string of the molecule is Cc1ccc(NC(=O)c2cncc(N3CCCc4ccccc43)c2)c(C)c1. The molecule has 4 nitrogen and oxygen atoms in total. The number of rotatable bonds is 3. The van der Waals surface area contributed by atoms with Gasteiger partial charge in [0.25, 0.3) is 5.91 Å². The summed E-state index contributed by atoms with van der Waals surface area (Å²) in [5, 5.41) is 3.01. The standard InChI is InChI=1S/C23H23N3O/c1-16-9-10-21(17(2)12-16)25-23(27)19-13-20(15-24-14-19)26-11-5-7-18-6-3-4-8-22(18)26/h3-4,6,8-10,12-15H,5,7,11H2,1-2H3,(H,25,27). The lowest BCUT2D eigenvalue weighted by atomic mass is 10.0. The van der Waals surface area contributed by atoms with Gasteiger partial charge in [-0.05, 0) is 56.0 Å². The molecule has 1 N–H and O–H groups in total. The van der Waals surface area contributed by atoms with Crippen molar-refractivity contribution >= 4 is 23.0 Å². The molecule has 27 heavy (non-hydrogen) atoms. The monoisotopic (exact) mass is 357 g/mol. The van der Waals surface area contributed by atoms with Crippen LogP contribution in [0.25, 0.3) is 0 Å². The van der Waals surface area contributed by atoms with E-state index in [2.05, 4.69) is 45.5 Å². The zero-order valence-electron chi connectivity index (χ0n) is 15.7. The van der Waals surface area contributed by atoms with Crippen LogP contribution in [0, 0.1) is 13.8 Å². The molecule has 0 atom stereocenters. The normalized spacial score (nSPS) is 13.2. The van der Waals surface area contributed by atoms with Crippen LogP contribution in [0.15, 0.2) is 60.9 Å². The van der Waals surface area contributed by atoms with E-state index in [4.69, 9.17) is 0 Å². The summed E-state index contributed by atoms with van der Waals surface area (Å²) < 4.78 is 0. The van der Waals surface area contributed by atoms with Crippen molar-refractivity contribution in [3.8, 4) is 0 Å². The molecule has 3 aromatic rings. The smallest absolute Gasteiger partial charge is 0.257 e. The van der Waals surface area contributed by atoms with Crippen molar-refractivity contribution < 1.29 is 4.79 Å². The van der Waals surface area contributed by atoms with Crippen LogP contribution in [0.5, 0.6) is 0 Å². The van der Waals surface area contributed by atoms with Crippen LogP contribution >= 0.6 is 0 Å². The van der Waals surface area contributed by atoms with Crippen molar-refractivity contribution in [3.05, 3.63) is 83.2 Å². The first kappa shape index (κ1) is 17.3. The number of nitrogens with zero attached hydrogens (tertiary/aromatic N) is 2. The zero-order chi connectivity index (χ0) is 18.8. The Bertz CT molecular complexity index is 996. The molecule has 0 radical (unpaired) electrons. The van der Waals surface area contributed by atoms with E-state index in [0.717, 1.165) is 36.3 Å². The molecule has 1 aliphatic rings. The maximum atomic E-state index is 12.8. The Hall–Kier alpha value is -3.14. The molecule has 0 fully saturated rings. The predicted octanol–water partition coefficient (Wildman–Crippen LogP) is 5.04. The summed E-state index contributed by atoms with van der Waals surface area (Å²) in [6, 6.07) is 16.4. The summed E-state index contributed by atoms with van der Waals surface area (Å²) in [6.07, 6.45) is 5.64. The van der Waals surface area contributed by atoms with Gasteiger partial charge in [0.15, 0.2) is 0 Å². The molecule has 136 valence electrons. The third-order valence-electron chi connectivity index (χ3n) is 5.04. The molecule has 0 unspecified atom stereocenters. The molecule has 1 amide bonds. The van der Waals surface area contributed by atoms with Gasteiger partial charge in [-0.15, -0.1) is 0 Å². The topological polar surface area (TPSA) is 45.2 Å². The van der Waals surface area contributed by atoms with Crippen LogP contribution in [0.3, 0.4) is 0 Å². The molecule has 0 saturated heterocycles. The van der Waals surface area contributed by atoms with Gasteiger partial charge in [-0.25, -0.2) is 0 Å². The van der Waals surface area contributed by atoms with Crippen LogP contribution < -0.4 is 10.2 Å². The Morgan fingerprint density at radius 2 is 1.93 bits per heavy atom. The van der Waals surface area contributed by atoms with Gasteiger partial charge >= 0.3 is 0 Å². The number of pyridine rings is 1. The first-order valence-corrected chi connectivity index (χ1v) is 9.31. The molecule has 0 spiro atoms. The number of carbonyl (C=O) groups is 1. The summed E-state index contributed by atoms with van der Waals surface area (Å²) in [7, 11) is 0. The number of anilines is 3. The van der Waals surface area contributed by atoms with Crippen molar-refractivity contribution in [1.82, 2.24) is 4.98 Å². The molecule has 0 aliphatic carbocycles. The Morgan fingerprint density at radius 3 is 2.78 bits per heavy atom. The van der Waals surface area contributed by atoms with E-state index in [1.807, 2.05) is 38.2 Å². The van der Waals surface area contributed by atoms with E-state index in [1.54, 1.807) is 6.20 Å². The zero-order valence-corrected chi connectivity index (χ0v) is 15.7. The number of aromatic nitrogens is 1. The van der Waals surface area contributed by atoms with E-state index in [9.17, 15) is 4.79 Å². The quantitative estimate of drug-likeness (QED) is 0.715. The van der Waals surface area contributed by atoms with Crippen LogP contribution in [0.1, 0.15) is 33.5 Å². The van der Waals surface area contributed by atoms with Gasteiger partial charge < -0.3 is 10.2 Å². The second-order valence-corrected chi connectivity index (χ2v) is 7.09. The highest BCUT2D eigenvalue weighted by molar-refractivity contribution is 6.05. The predicted molar refractivity (Wildman–Crippen MR) is 110 cm³/mol. The summed E-state index contributed by atoms with van der Waals surface area (Å²) in [5.41, 5.74) is 7.13. The first-order chi connectivity index (χ1) is 13.1. The molecule has 2 heterocycles. The van der Waals surface area contributed by atoms with Gasteiger partial charge in [-0.2, -0.15) is 0 Å². The van der Waals surface area contributed by atoms with Crippen molar-refractivity contribution in [2.75, 3.05) is 16.8 Å².